The van der Waals surface area contributed by atoms with E-state index in [9.17, 15) is 9.50 Å². The lowest BCUT2D eigenvalue weighted by atomic mass is 10.0. The van der Waals surface area contributed by atoms with E-state index >= 15 is 0 Å². The van der Waals surface area contributed by atoms with Crippen LogP contribution in [0.5, 0.6) is 11.5 Å². The van der Waals surface area contributed by atoms with Crippen LogP contribution in [0.25, 0.3) is 0 Å². The second-order valence-electron chi connectivity index (χ2n) is 4.84. The van der Waals surface area contributed by atoms with Crippen LogP contribution in [0.3, 0.4) is 0 Å². The summed E-state index contributed by atoms with van der Waals surface area (Å²) in [5.41, 5.74) is 1.25. The van der Waals surface area contributed by atoms with Gasteiger partial charge in [0.25, 0.3) is 0 Å². The molecule has 2 aromatic carbocycles. The zero-order valence-electron chi connectivity index (χ0n) is 11.2. The number of aliphatic hydroxyl groups is 1. The molecule has 0 saturated heterocycles. The van der Waals surface area contributed by atoms with Crippen molar-refractivity contribution in [2.75, 3.05) is 13.2 Å². The molecule has 3 nitrogen and oxygen atoms in total. The summed E-state index contributed by atoms with van der Waals surface area (Å²) >= 11 is 5.91. The predicted octanol–water partition coefficient (Wildman–Crippen LogP) is 3.53. The van der Waals surface area contributed by atoms with Crippen molar-refractivity contribution < 1.29 is 19.0 Å². The van der Waals surface area contributed by atoms with E-state index in [1.165, 1.54) is 6.07 Å². The maximum Gasteiger partial charge on any atom is 0.161 e. The summed E-state index contributed by atoms with van der Waals surface area (Å²) in [4.78, 5) is 0. The highest BCUT2D eigenvalue weighted by Crippen LogP contribution is 2.34. The Hall–Kier alpha value is -1.78. The Kier molecular flexibility index (Phi) is 3.99. The van der Waals surface area contributed by atoms with Gasteiger partial charge in [-0.1, -0.05) is 29.8 Å². The molecule has 0 amide bonds. The largest absolute Gasteiger partial charge is 0.486 e. The van der Waals surface area contributed by atoms with E-state index in [-0.39, 0.29) is 11.4 Å². The molecule has 1 N–H and O–H groups in total. The van der Waals surface area contributed by atoms with E-state index in [0.29, 0.717) is 35.8 Å². The molecule has 0 bridgehead atoms. The number of ether oxygens (including phenoxy) is 2. The molecule has 2 aromatic rings. The van der Waals surface area contributed by atoms with Crippen molar-refractivity contribution in [1.82, 2.24) is 0 Å². The highest BCUT2D eigenvalue weighted by molar-refractivity contribution is 6.31. The van der Waals surface area contributed by atoms with Crippen molar-refractivity contribution in [3.05, 3.63) is 58.4 Å². The number of hydrogen-bond donors (Lipinski definition) is 1. The molecule has 0 fully saturated rings. The van der Waals surface area contributed by atoms with Crippen LogP contribution in [0.2, 0.25) is 5.02 Å². The number of aliphatic hydroxyl groups excluding tert-OH is 1. The van der Waals surface area contributed by atoms with Gasteiger partial charge >= 0.3 is 0 Å². The van der Waals surface area contributed by atoms with Gasteiger partial charge in [-0.05, 0) is 29.3 Å². The molecular formula is C16H14ClFO3. The van der Waals surface area contributed by atoms with E-state index in [2.05, 4.69) is 0 Å². The molecule has 1 unspecified atom stereocenters. The standard InChI is InChI=1S/C16H14ClFO3/c17-16-11(2-1-3-12(16)18)8-13(19)10-4-5-14-15(9-10)21-7-6-20-14/h1-5,9,13,19H,6-8H2. The minimum atomic E-state index is -0.792. The Labute approximate surface area is 126 Å². The zero-order chi connectivity index (χ0) is 14.8. The number of fused-ring (bicyclic) bond motifs is 1. The van der Waals surface area contributed by atoms with Gasteiger partial charge in [0.05, 0.1) is 11.1 Å². The van der Waals surface area contributed by atoms with Gasteiger partial charge in [-0.25, -0.2) is 4.39 Å². The molecule has 1 aliphatic heterocycles. The quantitative estimate of drug-likeness (QED) is 0.943. The Morgan fingerprint density at radius 2 is 1.90 bits per heavy atom. The van der Waals surface area contributed by atoms with Gasteiger partial charge in [0, 0.05) is 6.42 Å². The molecule has 1 atom stereocenters. The maximum atomic E-state index is 13.4. The molecule has 21 heavy (non-hydrogen) atoms. The van der Waals surface area contributed by atoms with Crippen LogP contribution in [0.4, 0.5) is 4.39 Å². The van der Waals surface area contributed by atoms with E-state index in [0.717, 1.165) is 0 Å². The molecule has 0 radical (unpaired) electrons. The van der Waals surface area contributed by atoms with Gasteiger partial charge in [-0.3, -0.25) is 0 Å². The molecule has 110 valence electrons. The fraction of sp³-hybridized carbons (Fsp3) is 0.250. The van der Waals surface area contributed by atoms with Crippen LogP contribution in [0.15, 0.2) is 36.4 Å². The van der Waals surface area contributed by atoms with E-state index in [4.69, 9.17) is 21.1 Å². The van der Waals surface area contributed by atoms with Crippen molar-refractivity contribution in [2.24, 2.45) is 0 Å². The summed E-state index contributed by atoms with van der Waals surface area (Å²) in [6.45, 7) is 1.01. The summed E-state index contributed by atoms with van der Waals surface area (Å²) in [6, 6.07) is 9.85. The average molecular weight is 309 g/mol. The normalized spacial score (nSPS) is 14.8. The lowest BCUT2D eigenvalue weighted by molar-refractivity contribution is 0.164. The Morgan fingerprint density at radius 1 is 1.14 bits per heavy atom. The summed E-state index contributed by atoms with van der Waals surface area (Å²) in [5, 5.41) is 10.4. The third kappa shape index (κ3) is 2.96. The number of hydrogen-bond acceptors (Lipinski definition) is 3. The van der Waals surface area contributed by atoms with Crippen LogP contribution < -0.4 is 9.47 Å². The lowest BCUT2D eigenvalue weighted by Gasteiger charge is -2.20. The topological polar surface area (TPSA) is 38.7 Å². The van der Waals surface area contributed by atoms with Crippen molar-refractivity contribution >= 4 is 11.6 Å². The second kappa shape index (κ2) is 5.92. The van der Waals surface area contributed by atoms with Crippen LogP contribution >= 0.6 is 11.6 Å². The minimum Gasteiger partial charge on any atom is -0.486 e. The van der Waals surface area contributed by atoms with Crippen LogP contribution in [0.1, 0.15) is 17.2 Å². The van der Waals surface area contributed by atoms with Gasteiger partial charge in [-0.15, -0.1) is 0 Å². The second-order valence-corrected chi connectivity index (χ2v) is 5.21. The highest BCUT2D eigenvalue weighted by atomic mass is 35.5. The Bertz CT molecular complexity index is 660. The lowest BCUT2D eigenvalue weighted by Crippen LogP contribution is -2.15. The summed E-state index contributed by atoms with van der Waals surface area (Å²) < 4.78 is 24.3. The van der Waals surface area contributed by atoms with Crippen molar-refractivity contribution in [3.8, 4) is 11.5 Å². The zero-order valence-corrected chi connectivity index (χ0v) is 11.9. The maximum absolute atomic E-state index is 13.4. The van der Waals surface area contributed by atoms with Gasteiger partial charge in [0.15, 0.2) is 11.5 Å². The summed E-state index contributed by atoms with van der Waals surface area (Å²) in [6.07, 6.45) is -0.559. The van der Waals surface area contributed by atoms with Crippen molar-refractivity contribution in [1.29, 1.82) is 0 Å². The number of halogens is 2. The number of benzene rings is 2. The smallest absolute Gasteiger partial charge is 0.161 e. The Morgan fingerprint density at radius 3 is 2.71 bits per heavy atom. The number of rotatable bonds is 3. The molecule has 0 aliphatic carbocycles. The van der Waals surface area contributed by atoms with E-state index in [1.54, 1.807) is 30.3 Å². The average Bonchev–Trinajstić information content (AvgIpc) is 2.51. The van der Waals surface area contributed by atoms with Gasteiger partial charge in [0.1, 0.15) is 19.0 Å². The third-order valence-corrected chi connectivity index (χ3v) is 3.82. The molecule has 1 heterocycles. The van der Waals surface area contributed by atoms with Crippen LogP contribution in [0, 0.1) is 5.82 Å². The molecular weight excluding hydrogens is 295 g/mol. The fourth-order valence-electron chi connectivity index (χ4n) is 2.30. The first kappa shape index (κ1) is 14.2. The highest BCUT2D eigenvalue weighted by Gasteiger charge is 2.17. The van der Waals surface area contributed by atoms with Crippen LogP contribution in [-0.2, 0) is 6.42 Å². The monoisotopic (exact) mass is 308 g/mol. The summed E-state index contributed by atoms with van der Waals surface area (Å²) in [5.74, 6) is 0.799. The molecule has 0 saturated carbocycles. The first-order valence-electron chi connectivity index (χ1n) is 6.65. The minimum absolute atomic E-state index is 0.0501. The van der Waals surface area contributed by atoms with Crippen LogP contribution in [-0.4, -0.2) is 18.3 Å². The van der Waals surface area contributed by atoms with Gasteiger partial charge < -0.3 is 14.6 Å². The van der Waals surface area contributed by atoms with E-state index < -0.39 is 11.9 Å². The Balaban J connectivity index is 1.82. The predicted molar refractivity (Wildman–Crippen MR) is 77.5 cm³/mol. The molecule has 0 aromatic heterocycles. The first-order chi connectivity index (χ1) is 10.1. The SMILES string of the molecule is OC(Cc1cccc(F)c1Cl)c1ccc2c(c1)OCCO2. The van der Waals surface area contributed by atoms with Gasteiger partial charge in [-0.2, -0.15) is 0 Å². The third-order valence-electron chi connectivity index (χ3n) is 3.40. The molecule has 0 spiro atoms. The molecule has 3 rings (SSSR count). The van der Waals surface area contributed by atoms with Gasteiger partial charge in [0.2, 0.25) is 0 Å². The van der Waals surface area contributed by atoms with Crippen molar-refractivity contribution in [3.63, 3.8) is 0 Å². The van der Waals surface area contributed by atoms with Crippen molar-refractivity contribution in [2.45, 2.75) is 12.5 Å². The fourth-order valence-corrected chi connectivity index (χ4v) is 2.50. The molecule has 1 aliphatic rings. The first-order valence-corrected chi connectivity index (χ1v) is 7.03. The summed E-state index contributed by atoms with van der Waals surface area (Å²) in [7, 11) is 0. The molecule has 5 heteroatoms. The van der Waals surface area contributed by atoms with E-state index in [1.807, 2.05) is 0 Å².